The first-order chi connectivity index (χ1) is 19.7. The number of fused-ring (bicyclic) bond motifs is 7. The summed E-state index contributed by atoms with van der Waals surface area (Å²) >= 11 is 1.84. The molecule has 3 N–H and O–H groups in total. The smallest absolute Gasteiger partial charge is 0.0811 e. The Hall–Kier alpha value is -4.80. The summed E-state index contributed by atoms with van der Waals surface area (Å²) in [6.45, 7) is 4.58. The molecule has 40 heavy (non-hydrogen) atoms. The second-order valence-corrected chi connectivity index (χ2v) is 11.6. The first kappa shape index (κ1) is 23.1. The fourth-order valence-corrected chi connectivity index (χ4v) is 7.65. The van der Waals surface area contributed by atoms with E-state index in [2.05, 4.69) is 121 Å². The molecule has 1 unspecified atom stereocenters. The molecule has 3 nitrogen and oxygen atoms in total. The van der Waals surface area contributed by atoms with Gasteiger partial charge in [0.15, 0.2) is 0 Å². The van der Waals surface area contributed by atoms with Crippen LogP contribution in [0.1, 0.15) is 12.0 Å². The van der Waals surface area contributed by atoms with Crippen molar-refractivity contribution >= 4 is 69.8 Å². The molecule has 7 aromatic rings. The number of hydrogen-bond donors (Lipinski definition) is 2. The van der Waals surface area contributed by atoms with Crippen LogP contribution < -0.4 is 11.2 Å². The molecule has 0 saturated carbocycles. The van der Waals surface area contributed by atoms with Gasteiger partial charge in [0.25, 0.3) is 0 Å². The predicted octanol–water partition coefficient (Wildman–Crippen LogP) is 9.14. The topological polar surface area (TPSA) is 43.0 Å². The molecule has 1 atom stereocenters. The van der Waals surface area contributed by atoms with Gasteiger partial charge in [0.2, 0.25) is 0 Å². The molecule has 0 bridgehead atoms. The number of nitrogens with zero attached hydrogens (tertiary/aromatic N) is 1. The van der Waals surface area contributed by atoms with Crippen LogP contribution in [0.5, 0.6) is 0 Å². The average molecular weight is 534 g/mol. The van der Waals surface area contributed by atoms with Crippen molar-refractivity contribution in [3.8, 4) is 11.1 Å². The molecule has 0 radical (unpaired) electrons. The van der Waals surface area contributed by atoms with Crippen molar-refractivity contribution in [2.75, 3.05) is 5.84 Å². The highest BCUT2D eigenvalue weighted by molar-refractivity contribution is 7.26. The minimum absolute atomic E-state index is 0.195. The standard InChI is InChI=1S/C36H27N3S/c1-22(38-26-12-3-2-4-13-26)33-34-30(28-14-7-8-17-32(28)39(34)37)21-31-29-16-9-15-27(35(29)40-36(31)33)25-19-18-23-10-5-6-11-24(23)20-25/h2-12,14-21,26,38H,1,13,37H2. The highest BCUT2D eigenvalue weighted by Gasteiger charge is 2.22. The molecular weight excluding hydrogens is 506 g/mol. The van der Waals surface area contributed by atoms with Crippen molar-refractivity contribution in [3.05, 3.63) is 127 Å². The van der Waals surface area contributed by atoms with Gasteiger partial charge in [0, 0.05) is 48.2 Å². The third-order valence-corrected chi connectivity index (χ3v) is 9.43. The predicted molar refractivity (Wildman–Crippen MR) is 174 cm³/mol. The van der Waals surface area contributed by atoms with Gasteiger partial charge in [-0.2, -0.15) is 0 Å². The van der Waals surface area contributed by atoms with E-state index in [-0.39, 0.29) is 6.04 Å². The van der Waals surface area contributed by atoms with Gasteiger partial charge >= 0.3 is 0 Å². The third-order valence-electron chi connectivity index (χ3n) is 8.16. The monoisotopic (exact) mass is 533 g/mol. The van der Waals surface area contributed by atoms with Gasteiger partial charge in [-0.15, -0.1) is 11.3 Å². The summed E-state index contributed by atoms with van der Waals surface area (Å²) in [6.07, 6.45) is 9.51. The lowest BCUT2D eigenvalue weighted by molar-refractivity contribution is 0.720. The first-order valence-corrected chi connectivity index (χ1v) is 14.4. The molecule has 1 aliphatic carbocycles. The van der Waals surface area contributed by atoms with Crippen LogP contribution in [-0.4, -0.2) is 10.7 Å². The van der Waals surface area contributed by atoms with Crippen molar-refractivity contribution in [2.24, 2.45) is 0 Å². The van der Waals surface area contributed by atoms with Crippen LogP contribution in [0.4, 0.5) is 0 Å². The number of aromatic nitrogens is 1. The van der Waals surface area contributed by atoms with E-state index in [1.165, 1.54) is 42.1 Å². The summed E-state index contributed by atoms with van der Waals surface area (Å²) in [7, 11) is 0. The van der Waals surface area contributed by atoms with Crippen molar-refractivity contribution in [2.45, 2.75) is 12.5 Å². The molecule has 192 valence electrons. The zero-order chi connectivity index (χ0) is 26.8. The minimum Gasteiger partial charge on any atom is -0.378 e. The summed E-state index contributed by atoms with van der Waals surface area (Å²) in [5.41, 5.74) is 6.49. The van der Waals surface area contributed by atoms with E-state index in [1.54, 1.807) is 0 Å². The van der Waals surface area contributed by atoms with Crippen LogP contribution >= 0.6 is 11.3 Å². The van der Waals surface area contributed by atoms with Gasteiger partial charge in [-0.25, -0.2) is 0 Å². The quantitative estimate of drug-likeness (QED) is 0.222. The molecule has 5 aromatic carbocycles. The zero-order valence-electron chi connectivity index (χ0n) is 21.9. The normalized spacial score (nSPS) is 15.2. The third kappa shape index (κ3) is 3.43. The Kier molecular flexibility index (Phi) is 5.13. The number of benzene rings is 5. The Bertz CT molecular complexity index is 2210. The Morgan fingerprint density at radius 1 is 0.800 bits per heavy atom. The number of allylic oxidation sites excluding steroid dienone is 2. The molecule has 0 saturated heterocycles. The summed E-state index contributed by atoms with van der Waals surface area (Å²) in [5, 5.41) is 11.0. The van der Waals surface area contributed by atoms with Gasteiger partial charge in [-0.05, 0) is 46.5 Å². The van der Waals surface area contributed by atoms with Gasteiger partial charge in [0.05, 0.1) is 11.0 Å². The molecular formula is C36H27N3S. The van der Waals surface area contributed by atoms with E-state index >= 15 is 0 Å². The molecule has 0 amide bonds. The summed E-state index contributed by atoms with van der Waals surface area (Å²) in [4.78, 5) is 0. The number of rotatable bonds is 4. The zero-order valence-corrected chi connectivity index (χ0v) is 22.7. The van der Waals surface area contributed by atoms with Crippen molar-refractivity contribution in [1.29, 1.82) is 0 Å². The van der Waals surface area contributed by atoms with E-state index in [0.717, 1.165) is 39.5 Å². The molecule has 2 aromatic heterocycles. The Labute approximate surface area is 236 Å². The van der Waals surface area contributed by atoms with Crippen molar-refractivity contribution in [1.82, 2.24) is 9.99 Å². The lowest BCUT2D eigenvalue weighted by Gasteiger charge is -2.20. The van der Waals surface area contributed by atoms with Gasteiger partial charge < -0.3 is 11.2 Å². The van der Waals surface area contributed by atoms with E-state index in [1.807, 2.05) is 22.1 Å². The average Bonchev–Trinajstić information content (AvgIpc) is 3.51. The molecule has 0 fully saturated rings. The fraction of sp³-hybridized carbons (Fsp3) is 0.0556. The molecule has 8 rings (SSSR count). The number of para-hydroxylation sites is 1. The number of nitrogens with two attached hydrogens (primary N) is 1. The second kappa shape index (κ2) is 8.87. The molecule has 4 heteroatoms. The minimum atomic E-state index is 0.195. The number of nitrogen functional groups attached to an aromatic ring is 1. The SMILES string of the molecule is C=C(NC1C=CC=CC1)c1c2sc3c(-c4ccc5ccccc5c4)cccc3c2cc2c3ccccc3n(N)c12. The fourth-order valence-electron chi connectivity index (χ4n) is 6.26. The highest BCUT2D eigenvalue weighted by atomic mass is 32.1. The molecule has 0 spiro atoms. The maximum atomic E-state index is 6.83. The first-order valence-electron chi connectivity index (χ1n) is 13.6. The Morgan fingerprint density at radius 2 is 1.62 bits per heavy atom. The van der Waals surface area contributed by atoms with Gasteiger partial charge in [0.1, 0.15) is 0 Å². The second-order valence-electron chi connectivity index (χ2n) is 10.5. The number of hydrogen-bond acceptors (Lipinski definition) is 3. The number of thiophene rings is 1. The lowest BCUT2D eigenvalue weighted by Crippen LogP contribution is -2.26. The Morgan fingerprint density at radius 3 is 2.50 bits per heavy atom. The van der Waals surface area contributed by atoms with Crippen LogP contribution in [0.25, 0.3) is 69.6 Å². The van der Waals surface area contributed by atoms with Crippen LogP contribution in [0.2, 0.25) is 0 Å². The largest absolute Gasteiger partial charge is 0.378 e. The molecule has 2 heterocycles. The number of nitrogens with one attached hydrogen (secondary N) is 1. The van der Waals surface area contributed by atoms with Crippen LogP contribution in [0, 0.1) is 0 Å². The summed E-state index contributed by atoms with van der Waals surface area (Å²) < 4.78 is 4.33. The highest BCUT2D eigenvalue weighted by Crippen LogP contribution is 2.46. The van der Waals surface area contributed by atoms with Gasteiger partial charge in [-0.3, -0.25) is 4.68 Å². The van der Waals surface area contributed by atoms with Crippen molar-refractivity contribution in [3.63, 3.8) is 0 Å². The summed E-state index contributed by atoms with van der Waals surface area (Å²) in [6, 6.07) is 32.9. The Balaban J connectivity index is 1.43. The van der Waals surface area contributed by atoms with E-state index in [0.29, 0.717) is 0 Å². The van der Waals surface area contributed by atoms with Crippen molar-refractivity contribution < 1.29 is 0 Å². The van der Waals surface area contributed by atoms with E-state index in [4.69, 9.17) is 5.84 Å². The van der Waals surface area contributed by atoms with E-state index in [9.17, 15) is 0 Å². The van der Waals surface area contributed by atoms with Crippen LogP contribution in [0.15, 0.2) is 122 Å². The maximum Gasteiger partial charge on any atom is 0.0811 e. The lowest BCUT2D eigenvalue weighted by atomic mass is 9.98. The summed E-state index contributed by atoms with van der Waals surface area (Å²) in [5.74, 6) is 6.83. The molecule has 1 aliphatic rings. The van der Waals surface area contributed by atoms with Crippen LogP contribution in [-0.2, 0) is 0 Å². The maximum absolute atomic E-state index is 6.83. The van der Waals surface area contributed by atoms with Crippen LogP contribution in [0.3, 0.4) is 0 Å². The van der Waals surface area contributed by atoms with E-state index < -0.39 is 0 Å². The molecule has 0 aliphatic heterocycles. The van der Waals surface area contributed by atoms with Gasteiger partial charge in [-0.1, -0.05) is 104 Å².